The van der Waals surface area contributed by atoms with E-state index in [2.05, 4.69) is 33.4 Å². The van der Waals surface area contributed by atoms with E-state index >= 15 is 0 Å². The van der Waals surface area contributed by atoms with Crippen LogP contribution in [0.2, 0.25) is 0 Å². The lowest BCUT2D eigenvalue weighted by molar-refractivity contribution is -0.125. The third-order valence-corrected chi connectivity index (χ3v) is 3.83. The van der Waals surface area contributed by atoms with Crippen LogP contribution >= 0.6 is 15.9 Å². The number of halogens is 1. The maximum atomic E-state index is 11.3. The van der Waals surface area contributed by atoms with Gasteiger partial charge in [0.05, 0.1) is 12.0 Å². The van der Waals surface area contributed by atoms with Gasteiger partial charge in [-0.3, -0.25) is 4.79 Å². The standard InChI is InChI=1S/C14H19BrN2O2/c1-14(2,13(16)18)8-17-7-10-6-11(15)5-9-3-4-19-12(9)10/h5-6,17H,3-4,7-8H2,1-2H3,(H2,16,18). The van der Waals surface area contributed by atoms with Gasteiger partial charge in [-0.2, -0.15) is 0 Å². The molecule has 0 atom stereocenters. The van der Waals surface area contributed by atoms with Crippen LogP contribution in [0, 0.1) is 5.41 Å². The van der Waals surface area contributed by atoms with Crippen LogP contribution in [0.4, 0.5) is 0 Å². The zero-order chi connectivity index (χ0) is 14.0. The summed E-state index contributed by atoms with van der Waals surface area (Å²) in [5, 5.41) is 3.28. The van der Waals surface area contributed by atoms with E-state index in [1.54, 1.807) is 0 Å². The molecular formula is C14H19BrN2O2. The van der Waals surface area contributed by atoms with Gasteiger partial charge in [-0.05, 0) is 31.5 Å². The number of nitrogens with one attached hydrogen (secondary N) is 1. The Kier molecular flexibility index (Phi) is 4.16. The van der Waals surface area contributed by atoms with E-state index < -0.39 is 5.41 Å². The minimum absolute atomic E-state index is 0.296. The van der Waals surface area contributed by atoms with Crippen molar-refractivity contribution in [2.75, 3.05) is 13.2 Å². The predicted octanol–water partition coefficient (Wildman–Crippen LogP) is 1.99. The summed E-state index contributed by atoms with van der Waals surface area (Å²) in [5.41, 5.74) is 7.16. The van der Waals surface area contributed by atoms with Crippen molar-refractivity contribution in [1.29, 1.82) is 0 Å². The SMILES string of the molecule is CC(C)(CNCc1cc(Br)cc2c1OCC2)C(N)=O. The molecule has 1 aliphatic rings. The van der Waals surface area contributed by atoms with E-state index in [1.165, 1.54) is 5.56 Å². The van der Waals surface area contributed by atoms with Crippen LogP contribution in [0.5, 0.6) is 5.75 Å². The molecule has 104 valence electrons. The Labute approximate surface area is 121 Å². The number of primary amides is 1. The van der Waals surface area contributed by atoms with Gasteiger partial charge in [0.1, 0.15) is 5.75 Å². The van der Waals surface area contributed by atoms with Crippen LogP contribution < -0.4 is 15.8 Å². The molecule has 0 unspecified atom stereocenters. The molecule has 2 rings (SSSR count). The topological polar surface area (TPSA) is 64.3 Å². The molecule has 0 saturated carbocycles. The third kappa shape index (κ3) is 3.28. The molecule has 1 heterocycles. The van der Waals surface area contributed by atoms with Crippen molar-refractivity contribution < 1.29 is 9.53 Å². The van der Waals surface area contributed by atoms with Crippen LogP contribution in [0.1, 0.15) is 25.0 Å². The number of fused-ring (bicyclic) bond motifs is 1. The Hall–Kier alpha value is -1.07. The molecule has 4 nitrogen and oxygen atoms in total. The van der Waals surface area contributed by atoms with Crippen molar-refractivity contribution in [3.05, 3.63) is 27.7 Å². The van der Waals surface area contributed by atoms with Crippen molar-refractivity contribution >= 4 is 21.8 Å². The number of nitrogens with two attached hydrogens (primary N) is 1. The summed E-state index contributed by atoms with van der Waals surface area (Å²) in [4.78, 5) is 11.3. The highest BCUT2D eigenvalue weighted by Gasteiger charge is 2.24. The van der Waals surface area contributed by atoms with Crippen molar-refractivity contribution in [3.8, 4) is 5.75 Å². The molecule has 1 aliphatic heterocycles. The fourth-order valence-electron chi connectivity index (χ4n) is 2.07. The number of hydrogen-bond donors (Lipinski definition) is 2. The fourth-order valence-corrected chi connectivity index (χ4v) is 2.63. The molecule has 3 N–H and O–H groups in total. The number of amides is 1. The summed E-state index contributed by atoms with van der Waals surface area (Å²) in [6.07, 6.45) is 0.953. The maximum Gasteiger partial charge on any atom is 0.224 e. The Morgan fingerprint density at radius 3 is 2.95 bits per heavy atom. The van der Waals surface area contributed by atoms with Crippen molar-refractivity contribution in [2.45, 2.75) is 26.8 Å². The van der Waals surface area contributed by atoms with Crippen LogP contribution in [-0.2, 0) is 17.8 Å². The molecule has 0 fully saturated rings. The summed E-state index contributed by atoms with van der Waals surface area (Å²) in [7, 11) is 0. The lowest BCUT2D eigenvalue weighted by Crippen LogP contribution is -2.40. The Balaban J connectivity index is 2.03. The molecule has 5 heteroatoms. The molecular weight excluding hydrogens is 308 g/mol. The number of carbonyl (C=O) groups excluding carboxylic acids is 1. The average molecular weight is 327 g/mol. The number of hydrogen-bond acceptors (Lipinski definition) is 3. The van der Waals surface area contributed by atoms with Gasteiger partial charge in [-0.1, -0.05) is 15.9 Å². The maximum absolute atomic E-state index is 11.3. The van der Waals surface area contributed by atoms with E-state index in [4.69, 9.17) is 10.5 Å². The normalized spacial score (nSPS) is 14.1. The first-order chi connectivity index (χ1) is 8.90. The number of rotatable bonds is 5. The van der Waals surface area contributed by atoms with E-state index in [0.717, 1.165) is 28.8 Å². The zero-order valence-electron chi connectivity index (χ0n) is 11.3. The lowest BCUT2D eigenvalue weighted by Gasteiger charge is -2.21. The summed E-state index contributed by atoms with van der Waals surface area (Å²) < 4.78 is 6.72. The van der Waals surface area contributed by atoms with Gasteiger partial charge in [-0.25, -0.2) is 0 Å². The number of benzene rings is 1. The van der Waals surface area contributed by atoms with E-state index in [9.17, 15) is 4.79 Å². The Morgan fingerprint density at radius 1 is 1.53 bits per heavy atom. The van der Waals surface area contributed by atoms with Crippen molar-refractivity contribution in [2.24, 2.45) is 11.1 Å². The summed E-state index contributed by atoms with van der Waals surface area (Å²) in [5.74, 6) is 0.684. The van der Waals surface area contributed by atoms with E-state index in [0.29, 0.717) is 13.1 Å². The monoisotopic (exact) mass is 326 g/mol. The second kappa shape index (κ2) is 5.51. The smallest absolute Gasteiger partial charge is 0.224 e. The highest BCUT2D eigenvalue weighted by atomic mass is 79.9. The lowest BCUT2D eigenvalue weighted by atomic mass is 9.92. The summed E-state index contributed by atoms with van der Waals surface area (Å²) >= 11 is 3.51. The van der Waals surface area contributed by atoms with E-state index in [-0.39, 0.29) is 5.91 Å². The van der Waals surface area contributed by atoms with E-state index in [1.807, 2.05) is 13.8 Å². The summed E-state index contributed by atoms with van der Waals surface area (Å²) in [6.45, 7) is 5.63. The van der Waals surface area contributed by atoms with Gasteiger partial charge in [0.15, 0.2) is 0 Å². The largest absolute Gasteiger partial charge is 0.493 e. The first kappa shape index (κ1) is 14.3. The van der Waals surface area contributed by atoms with Crippen molar-refractivity contribution in [3.63, 3.8) is 0 Å². The predicted molar refractivity (Wildman–Crippen MR) is 78.0 cm³/mol. The molecule has 0 bridgehead atoms. The first-order valence-electron chi connectivity index (χ1n) is 6.35. The van der Waals surface area contributed by atoms with Gasteiger partial charge in [0.2, 0.25) is 5.91 Å². The summed E-state index contributed by atoms with van der Waals surface area (Å²) in [6, 6.07) is 4.15. The van der Waals surface area contributed by atoms with Crippen LogP contribution in [0.3, 0.4) is 0 Å². The molecule has 1 amide bonds. The molecule has 0 saturated heterocycles. The van der Waals surface area contributed by atoms with Crippen LogP contribution in [-0.4, -0.2) is 19.1 Å². The van der Waals surface area contributed by atoms with Gasteiger partial charge in [-0.15, -0.1) is 0 Å². The van der Waals surface area contributed by atoms with Crippen LogP contribution in [0.25, 0.3) is 0 Å². The minimum atomic E-state index is -0.546. The molecule has 1 aromatic rings. The third-order valence-electron chi connectivity index (χ3n) is 3.37. The second-order valence-electron chi connectivity index (χ2n) is 5.50. The molecule has 19 heavy (non-hydrogen) atoms. The van der Waals surface area contributed by atoms with Gasteiger partial charge in [0, 0.05) is 29.5 Å². The molecule has 1 aromatic carbocycles. The minimum Gasteiger partial charge on any atom is -0.493 e. The zero-order valence-corrected chi connectivity index (χ0v) is 12.8. The highest BCUT2D eigenvalue weighted by Crippen LogP contribution is 2.32. The fraction of sp³-hybridized carbons (Fsp3) is 0.500. The second-order valence-corrected chi connectivity index (χ2v) is 6.42. The Bertz CT molecular complexity index is 500. The average Bonchev–Trinajstić information content (AvgIpc) is 2.76. The number of ether oxygens (including phenoxy) is 1. The molecule has 0 radical (unpaired) electrons. The van der Waals surface area contributed by atoms with Crippen molar-refractivity contribution in [1.82, 2.24) is 5.32 Å². The highest BCUT2D eigenvalue weighted by molar-refractivity contribution is 9.10. The van der Waals surface area contributed by atoms with Gasteiger partial charge >= 0.3 is 0 Å². The molecule has 0 spiro atoms. The molecule has 0 aromatic heterocycles. The van der Waals surface area contributed by atoms with Gasteiger partial charge in [0.25, 0.3) is 0 Å². The van der Waals surface area contributed by atoms with Crippen LogP contribution in [0.15, 0.2) is 16.6 Å². The van der Waals surface area contributed by atoms with Gasteiger partial charge < -0.3 is 15.8 Å². The molecule has 0 aliphatic carbocycles. The quantitative estimate of drug-likeness (QED) is 0.869. The Morgan fingerprint density at radius 2 is 2.26 bits per heavy atom. The number of carbonyl (C=O) groups is 1. The first-order valence-corrected chi connectivity index (χ1v) is 7.14.